The molecule has 1 unspecified atom stereocenters. The van der Waals surface area contributed by atoms with Crippen molar-refractivity contribution in [2.75, 3.05) is 6.61 Å². The summed E-state index contributed by atoms with van der Waals surface area (Å²) in [4.78, 5) is 4.08. The van der Waals surface area contributed by atoms with Gasteiger partial charge in [-0.15, -0.1) is 0 Å². The fraction of sp³-hybridized carbons (Fsp3) is 0.412. The predicted molar refractivity (Wildman–Crippen MR) is 87.4 cm³/mol. The predicted octanol–water partition coefficient (Wildman–Crippen LogP) is 4.18. The Morgan fingerprint density at radius 1 is 1.36 bits per heavy atom. The summed E-state index contributed by atoms with van der Waals surface area (Å²) in [5.41, 5.74) is 2.30. The van der Waals surface area contributed by atoms with Crippen LogP contribution in [0.3, 0.4) is 0 Å². The van der Waals surface area contributed by atoms with Gasteiger partial charge in [0.2, 0.25) is 0 Å². The molecule has 0 N–H and O–H groups in total. The van der Waals surface area contributed by atoms with Crippen LogP contribution in [0.2, 0.25) is 5.02 Å². The van der Waals surface area contributed by atoms with Gasteiger partial charge in [-0.3, -0.25) is 0 Å². The van der Waals surface area contributed by atoms with E-state index in [0.717, 1.165) is 42.3 Å². The number of benzene rings is 1. The number of nitrogens with zero attached hydrogens (tertiary/aromatic N) is 3. The first-order valence-electron chi connectivity index (χ1n) is 7.58. The lowest BCUT2D eigenvalue weighted by Crippen LogP contribution is -2.17. The third-order valence-electron chi connectivity index (χ3n) is 4.47. The van der Waals surface area contributed by atoms with Crippen LogP contribution in [0.15, 0.2) is 42.7 Å². The number of aromatic nitrogens is 3. The highest BCUT2D eigenvalue weighted by atomic mass is 35.5. The van der Waals surface area contributed by atoms with Gasteiger partial charge in [0.1, 0.15) is 18.4 Å². The van der Waals surface area contributed by atoms with Gasteiger partial charge in [0.25, 0.3) is 0 Å². The zero-order valence-corrected chi connectivity index (χ0v) is 13.7. The van der Waals surface area contributed by atoms with Crippen molar-refractivity contribution in [3.63, 3.8) is 0 Å². The quantitative estimate of drug-likeness (QED) is 0.849. The lowest BCUT2D eigenvalue weighted by molar-refractivity contribution is 0.243. The standard InChI is InChI=1S/C17H20ClN3O/c1-3-17(2)8-9-22-16(17)15(21-12-19-11-20-21)10-13-4-6-14(18)7-5-13/h4-7,11-12H,3,8-10H2,1-2H3. The minimum absolute atomic E-state index is 0.0632. The average molecular weight is 318 g/mol. The molecule has 1 aliphatic rings. The van der Waals surface area contributed by atoms with Crippen LogP contribution >= 0.6 is 11.6 Å². The van der Waals surface area contributed by atoms with Gasteiger partial charge in [-0.25, -0.2) is 9.67 Å². The first kappa shape index (κ1) is 15.1. The van der Waals surface area contributed by atoms with Gasteiger partial charge in [0, 0.05) is 16.9 Å². The van der Waals surface area contributed by atoms with Crippen LogP contribution in [0.5, 0.6) is 0 Å². The van der Waals surface area contributed by atoms with E-state index in [1.54, 1.807) is 12.7 Å². The molecule has 1 saturated heterocycles. The molecule has 0 saturated carbocycles. The van der Waals surface area contributed by atoms with E-state index < -0.39 is 0 Å². The SMILES string of the molecule is CCC1(C)CCOC1=C(Cc1ccc(Cl)cc1)n1cncn1. The second-order valence-electron chi connectivity index (χ2n) is 5.93. The van der Waals surface area contributed by atoms with E-state index in [0.29, 0.717) is 0 Å². The average Bonchev–Trinajstić information content (AvgIpc) is 3.17. The fourth-order valence-electron chi connectivity index (χ4n) is 2.84. The summed E-state index contributed by atoms with van der Waals surface area (Å²) < 4.78 is 7.83. The van der Waals surface area contributed by atoms with Crippen molar-refractivity contribution >= 4 is 17.3 Å². The van der Waals surface area contributed by atoms with E-state index in [1.807, 2.05) is 28.9 Å². The van der Waals surface area contributed by atoms with Crippen molar-refractivity contribution in [3.8, 4) is 0 Å². The van der Waals surface area contributed by atoms with E-state index >= 15 is 0 Å². The summed E-state index contributed by atoms with van der Waals surface area (Å²) in [6.45, 7) is 5.22. The molecule has 1 aromatic carbocycles. The van der Waals surface area contributed by atoms with Gasteiger partial charge in [-0.1, -0.05) is 37.6 Å². The second-order valence-corrected chi connectivity index (χ2v) is 6.37. The summed E-state index contributed by atoms with van der Waals surface area (Å²) in [5, 5.41) is 5.06. The molecular formula is C17H20ClN3O. The van der Waals surface area contributed by atoms with Gasteiger partial charge in [-0.2, -0.15) is 5.10 Å². The number of ether oxygens (including phenoxy) is 1. The Balaban J connectivity index is 2.03. The Morgan fingerprint density at radius 3 is 2.77 bits per heavy atom. The number of hydrogen-bond donors (Lipinski definition) is 0. The van der Waals surface area contributed by atoms with Crippen LogP contribution in [0.1, 0.15) is 32.3 Å². The zero-order valence-electron chi connectivity index (χ0n) is 12.9. The molecule has 2 aromatic rings. The van der Waals surface area contributed by atoms with E-state index in [1.165, 1.54) is 5.56 Å². The zero-order chi connectivity index (χ0) is 15.6. The van der Waals surface area contributed by atoms with Crippen LogP contribution in [0.25, 0.3) is 5.70 Å². The number of halogens is 1. The Hall–Kier alpha value is -1.81. The van der Waals surface area contributed by atoms with Crippen molar-refractivity contribution in [1.29, 1.82) is 0 Å². The molecule has 0 spiro atoms. The number of hydrogen-bond acceptors (Lipinski definition) is 3. The highest BCUT2D eigenvalue weighted by Crippen LogP contribution is 2.43. The highest BCUT2D eigenvalue weighted by Gasteiger charge is 2.37. The smallest absolute Gasteiger partial charge is 0.138 e. The number of allylic oxidation sites excluding steroid dienone is 2. The molecule has 1 fully saturated rings. The molecule has 0 radical (unpaired) electrons. The van der Waals surface area contributed by atoms with E-state index in [2.05, 4.69) is 23.9 Å². The monoisotopic (exact) mass is 317 g/mol. The van der Waals surface area contributed by atoms with Crippen molar-refractivity contribution in [2.24, 2.45) is 5.41 Å². The third kappa shape index (κ3) is 2.88. The summed E-state index contributed by atoms with van der Waals surface area (Å²) in [7, 11) is 0. The van der Waals surface area contributed by atoms with Crippen molar-refractivity contribution in [2.45, 2.75) is 33.1 Å². The lowest BCUT2D eigenvalue weighted by atomic mass is 9.82. The number of rotatable bonds is 4. The molecule has 116 valence electrons. The van der Waals surface area contributed by atoms with E-state index in [4.69, 9.17) is 16.3 Å². The maximum Gasteiger partial charge on any atom is 0.138 e. The van der Waals surface area contributed by atoms with Gasteiger partial charge >= 0.3 is 0 Å². The highest BCUT2D eigenvalue weighted by molar-refractivity contribution is 6.30. The molecule has 1 aliphatic heterocycles. The first-order valence-corrected chi connectivity index (χ1v) is 7.96. The van der Waals surface area contributed by atoms with Crippen molar-refractivity contribution in [3.05, 3.63) is 53.3 Å². The Morgan fingerprint density at radius 2 is 2.14 bits per heavy atom. The summed E-state index contributed by atoms with van der Waals surface area (Å²) in [5.74, 6) is 1.04. The largest absolute Gasteiger partial charge is 0.495 e. The maximum atomic E-state index is 6.01. The normalized spacial score (nSPS) is 23.4. The van der Waals surface area contributed by atoms with Crippen molar-refractivity contribution in [1.82, 2.24) is 14.8 Å². The second kappa shape index (κ2) is 6.13. The van der Waals surface area contributed by atoms with Crippen LogP contribution in [-0.2, 0) is 11.2 Å². The topological polar surface area (TPSA) is 39.9 Å². The Bertz CT molecular complexity index is 664. The van der Waals surface area contributed by atoms with Crippen LogP contribution in [0.4, 0.5) is 0 Å². The minimum Gasteiger partial charge on any atom is -0.495 e. The molecule has 1 atom stereocenters. The summed E-state index contributed by atoms with van der Waals surface area (Å²) >= 11 is 5.98. The fourth-order valence-corrected chi connectivity index (χ4v) is 2.97. The third-order valence-corrected chi connectivity index (χ3v) is 4.72. The van der Waals surface area contributed by atoms with Crippen LogP contribution < -0.4 is 0 Å². The van der Waals surface area contributed by atoms with Gasteiger partial charge in [0.05, 0.1) is 12.3 Å². The van der Waals surface area contributed by atoms with Crippen molar-refractivity contribution < 1.29 is 4.74 Å². The molecular weight excluding hydrogens is 298 g/mol. The molecule has 22 heavy (non-hydrogen) atoms. The van der Waals surface area contributed by atoms with Gasteiger partial charge < -0.3 is 4.74 Å². The van der Waals surface area contributed by atoms with Gasteiger partial charge in [-0.05, 0) is 30.5 Å². The minimum atomic E-state index is 0.0632. The van der Waals surface area contributed by atoms with Gasteiger partial charge in [0.15, 0.2) is 0 Å². The Labute approximate surface area is 135 Å². The molecule has 5 heteroatoms. The molecule has 3 rings (SSSR count). The van der Waals surface area contributed by atoms with Crippen LogP contribution in [0, 0.1) is 5.41 Å². The molecule has 0 aliphatic carbocycles. The Kier molecular flexibility index (Phi) is 4.21. The van der Waals surface area contributed by atoms with E-state index in [9.17, 15) is 0 Å². The van der Waals surface area contributed by atoms with E-state index in [-0.39, 0.29) is 5.41 Å². The molecule has 4 nitrogen and oxygen atoms in total. The molecule has 0 amide bonds. The first-order chi connectivity index (χ1) is 10.6. The lowest BCUT2D eigenvalue weighted by Gasteiger charge is -2.24. The molecule has 1 aromatic heterocycles. The summed E-state index contributed by atoms with van der Waals surface area (Å²) in [6, 6.07) is 7.90. The van der Waals surface area contributed by atoms with Crippen LogP contribution in [-0.4, -0.2) is 21.4 Å². The summed E-state index contributed by atoms with van der Waals surface area (Å²) in [6.07, 6.45) is 6.11. The maximum absolute atomic E-state index is 6.01. The molecule has 0 bridgehead atoms. The molecule has 2 heterocycles.